The number of rotatable bonds is 4. The minimum absolute atomic E-state index is 0.596. The maximum absolute atomic E-state index is 8.60. The molecule has 0 aliphatic heterocycles. The van der Waals surface area contributed by atoms with Crippen molar-refractivity contribution in [3.63, 3.8) is 0 Å². The Labute approximate surface area is 108 Å². The van der Waals surface area contributed by atoms with Crippen molar-refractivity contribution in [2.75, 3.05) is 5.73 Å². The molecule has 0 aromatic heterocycles. The zero-order valence-corrected chi connectivity index (χ0v) is 10.3. The van der Waals surface area contributed by atoms with Gasteiger partial charge >= 0.3 is 0 Å². The molecular weight excluding hydrogens is 220 g/mol. The van der Waals surface area contributed by atoms with Crippen molar-refractivity contribution in [2.24, 2.45) is 0 Å². The van der Waals surface area contributed by atoms with E-state index in [0.29, 0.717) is 6.42 Å². The van der Waals surface area contributed by atoms with Gasteiger partial charge in [-0.05, 0) is 30.0 Å². The summed E-state index contributed by atoms with van der Waals surface area (Å²) in [7, 11) is 0. The molecule has 0 amide bonds. The molecule has 90 valence electrons. The number of nitrogens with zero attached hydrogens (tertiary/aromatic N) is 1. The smallest absolute Gasteiger partial charge is 0.0621 e. The third kappa shape index (κ3) is 2.70. The Hall–Kier alpha value is -2.27. The van der Waals surface area contributed by atoms with Gasteiger partial charge in [-0.1, -0.05) is 42.5 Å². The van der Waals surface area contributed by atoms with Crippen molar-refractivity contribution < 1.29 is 0 Å². The second-order valence-electron chi connectivity index (χ2n) is 4.26. The maximum Gasteiger partial charge on any atom is 0.0621 e. The SMILES string of the molecule is N#CCCCc1ccccc1-c1ccccc1N. The molecule has 0 saturated heterocycles. The fourth-order valence-corrected chi connectivity index (χ4v) is 2.10. The second kappa shape index (κ2) is 5.88. The van der Waals surface area contributed by atoms with Gasteiger partial charge in [0.25, 0.3) is 0 Å². The van der Waals surface area contributed by atoms with E-state index in [0.717, 1.165) is 24.1 Å². The van der Waals surface area contributed by atoms with Gasteiger partial charge in [0, 0.05) is 17.7 Å². The average molecular weight is 236 g/mol. The highest BCUT2D eigenvalue weighted by molar-refractivity contribution is 5.78. The molecule has 18 heavy (non-hydrogen) atoms. The van der Waals surface area contributed by atoms with Gasteiger partial charge in [0.05, 0.1) is 6.07 Å². The van der Waals surface area contributed by atoms with Gasteiger partial charge in [0.15, 0.2) is 0 Å². The molecule has 2 heteroatoms. The van der Waals surface area contributed by atoms with Gasteiger partial charge in [-0.15, -0.1) is 0 Å². The van der Waals surface area contributed by atoms with Crippen LogP contribution in [-0.2, 0) is 6.42 Å². The first-order valence-electron chi connectivity index (χ1n) is 6.12. The molecule has 0 fully saturated rings. The van der Waals surface area contributed by atoms with Crippen LogP contribution in [0.1, 0.15) is 18.4 Å². The standard InChI is InChI=1S/C16H16N2/c17-12-6-5-8-13-7-1-2-9-14(13)15-10-3-4-11-16(15)18/h1-4,7,9-11H,5-6,8,18H2. The van der Waals surface area contributed by atoms with Crippen LogP contribution in [0.3, 0.4) is 0 Å². The summed E-state index contributed by atoms with van der Waals surface area (Å²) in [6.07, 6.45) is 2.40. The largest absolute Gasteiger partial charge is 0.398 e. The highest BCUT2D eigenvalue weighted by atomic mass is 14.6. The number of benzene rings is 2. The number of hydrogen-bond donors (Lipinski definition) is 1. The van der Waals surface area contributed by atoms with Crippen LogP contribution in [0.15, 0.2) is 48.5 Å². The topological polar surface area (TPSA) is 49.8 Å². The Kier molecular flexibility index (Phi) is 3.98. The monoisotopic (exact) mass is 236 g/mol. The van der Waals surface area contributed by atoms with E-state index in [4.69, 9.17) is 11.0 Å². The van der Waals surface area contributed by atoms with Crippen molar-refractivity contribution in [3.8, 4) is 17.2 Å². The zero-order valence-electron chi connectivity index (χ0n) is 10.3. The zero-order chi connectivity index (χ0) is 12.8. The van der Waals surface area contributed by atoms with Gasteiger partial charge in [-0.2, -0.15) is 5.26 Å². The molecule has 0 saturated carbocycles. The third-order valence-corrected chi connectivity index (χ3v) is 3.00. The number of unbranched alkanes of at least 4 members (excludes halogenated alkanes) is 1. The summed E-state index contributed by atoms with van der Waals surface area (Å²) in [4.78, 5) is 0. The van der Waals surface area contributed by atoms with E-state index in [1.807, 2.05) is 36.4 Å². The third-order valence-electron chi connectivity index (χ3n) is 3.00. The molecule has 2 aromatic carbocycles. The summed E-state index contributed by atoms with van der Waals surface area (Å²) in [5.41, 5.74) is 10.3. The lowest BCUT2D eigenvalue weighted by atomic mass is 9.95. The molecule has 2 nitrogen and oxygen atoms in total. The van der Waals surface area contributed by atoms with E-state index < -0.39 is 0 Å². The molecule has 0 aliphatic carbocycles. The van der Waals surface area contributed by atoms with Crippen LogP contribution in [0, 0.1) is 11.3 Å². The Balaban J connectivity index is 2.33. The predicted molar refractivity (Wildman–Crippen MR) is 74.8 cm³/mol. The molecule has 0 heterocycles. The van der Waals surface area contributed by atoms with Crippen LogP contribution in [-0.4, -0.2) is 0 Å². The van der Waals surface area contributed by atoms with E-state index in [1.54, 1.807) is 0 Å². The minimum Gasteiger partial charge on any atom is -0.398 e. The normalized spacial score (nSPS) is 9.94. The van der Waals surface area contributed by atoms with E-state index in [9.17, 15) is 0 Å². The lowest BCUT2D eigenvalue weighted by Crippen LogP contribution is -1.94. The number of nitriles is 1. The van der Waals surface area contributed by atoms with Crippen LogP contribution in [0.4, 0.5) is 5.69 Å². The number of nitrogen functional groups attached to an aromatic ring is 1. The van der Waals surface area contributed by atoms with Crippen molar-refractivity contribution in [2.45, 2.75) is 19.3 Å². The number of anilines is 1. The first-order chi connectivity index (χ1) is 8.83. The van der Waals surface area contributed by atoms with Gasteiger partial charge in [-0.3, -0.25) is 0 Å². The number of aryl methyl sites for hydroxylation is 1. The van der Waals surface area contributed by atoms with Crippen LogP contribution >= 0.6 is 0 Å². The number of para-hydroxylation sites is 1. The fraction of sp³-hybridized carbons (Fsp3) is 0.188. The molecule has 0 spiro atoms. The van der Waals surface area contributed by atoms with Crippen LogP contribution in [0.2, 0.25) is 0 Å². The molecule has 0 radical (unpaired) electrons. The van der Waals surface area contributed by atoms with Crippen molar-refractivity contribution in [3.05, 3.63) is 54.1 Å². The summed E-state index contributed by atoms with van der Waals surface area (Å²) in [5, 5.41) is 8.60. The Bertz CT molecular complexity index is 567. The van der Waals surface area contributed by atoms with Crippen molar-refractivity contribution >= 4 is 5.69 Å². The first kappa shape index (κ1) is 12.2. The summed E-state index contributed by atoms with van der Waals surface area (Å²) >= 11 is 0. The summed E-state index contributed by atoms with van der Waals surface area (Å²) in [5.74, 6) is 0. The molecular formula is C16H16N2. The Morgan fingerprint density at radius 1 is 0.944 bits per heavy atom. The molecule has 2 N–H and O–H groups in total. The summed E-state index contributed by atoms with van der Waals surface area (Å²) < 4.78 is 0. The number of nitrogens with two attached hydrogens (primary N) is 1. The Morgan fingerprint density at radius 3 is 2.33 bits per heavy atom. The second-order valence-corrected chi connectivity index (χ2v) is 4.26. The Morgan fingerprint density at radius 2 is 1.61 bits per heavy atom. The molecule has 0 aliphatic rings. The molecule has 2 rings (SSSR count). The molecule has 0 bridgehead atoms. The first-order valence-corrected chi connectivity index (χ1v) is 6.12. The fourth-order valence-electron chi connectivity index (χ4n) is 2.10. The van der Waals surface area contributed by atoms with E-state index >= 15 is 0 Å². The van der Waals surface area contributed by atoms with Crippen LogP contribution in [0.5, 0.6) is 0 Å². The van der Waals surface area contributed by atoms with Gasteiger partial charge < -0.3 is 5.73 Å². The summed E-state index contributed by atoms with van der Waals surface area (Å²) in [6, 6.07) is 18.3. The van der Waals surface area contributed by atoms with Crippen molar-refractivity contribution in [1.29, 1.82) is 5.26 Å². The van der Waals surface area contributed by atoms with Gasteiger partial charge in [0.1, 0.15) is 0 Å². The quantitative estimate of drug-likeness (QED) is 0.648. The van der Waals surface area contributed by atoms with E-state index in [1.165, 1.54) is 11.1 Å². The lowest BCUT2D eigenvalue weighted by Gasteiger charge is -2.11. The van der Waals surface area contributed by atoms with E-state index in [-0.39, 0.29) is 0 Å². The average Bonchev–Trinajstić information content (AvgIpc) is 2.40. The molecule has 0 atom stereocenters. The lowest BCUT2D eigenvalue weighted by molar-refractivity contribution is 0.852. The predicted octanol–water partition coefficient (Wildman–Crippen LogP) is 3.78. The van der Waals surface area contributed by atoms with Gasteiger partial charge in [-0.25, -0.2) is 0 Å². The highest BCUT2D eigenvalue weighted by Crippen LogP contribution is 2.29. The highest BCUT2D eigenvalue weighted by Gasteiger charge is 2.06. The van der Waals surface area contributed by atoms with Gasteiger partial charge in [0.2, 0.25) is 0 Å². The number of hydrogen-bond acceptors (Lipinski definition) is 2. The van der Waals surface area contributed by atoms with Crippen LogP contribution < -0.4 is 5.73 Å². The van der Waals surface area contributed by atoms with Crippen LogP contribution in [0.25, 0.3) is 11.1 Å². The molecule has 0 unspecified atom stereocenters. The van der Waals surface area contributed by atoms with Crippen molar-refractivity contribution in [1.82, 2.24) is 0 Å². The minimum atomic E-state index is 0.596. The van der Waals surface area contributed by atoms with E-state index in [2.05, 4.69) is 18.2 Å². The maximum atomic E-state index is 8.60. The summed E-state index contributed by atoms with van der Waals surface area (Å²) in [6.45, 7) is 0. The molecule has 2 aromatic rings.